The number of hydrogen-bond acceptors (Lipinski definition) is 11. The van der Waals surface area contributed by atoms with Gasteiger partial charge in [0.05, 0.1) is 36.4 Å². The van der Waals surface area contributed by atoms with Crippen LogP contribution in [0.1, 0.15) is 86.5 Å². The molecule has 4 N–H and O–H groups in total. The number of ether oxygens (including phenoxy) is 4. The maximum Gasteiger partial charge on any atom is 0.410 e. The second kappa shape index (κ2) is 19.3. The van der Waals surface area contributed by atoms with Gasteiger partial charge < -0.3 is 44.3 Å². The van der Waals surface area contributed by atoms with Crippen molar-refractivity contribution < 1.29 is 53.8 Å². The highest BCUT2D eigenvalue weighted by Gasteiger charge is 2.47. The lowest BCUT2D eigenvalue weighted by molar-refractivity contribution is -0.151. The molecule has 290 valence electrons. The molecule has 11 atom stereocenters. The number of allylic oxidation sites excluding steroid dienone is 2. The molecule has 51 heavy (non-hydrogen) atoms. The van der Waals surface area contributed by atoms with Crippen molar-refractivity contribution >= 4 is 40.9 Å². The molecular weight excluding hydrogens is 775 g/mol. The van der Waals surface area contributed by atoms with Gasteiger partial charge in [-0.3, -0.25) is 9.59 Å². The molecule has 0 saturated carbocycles. The van der Waals surface area contributed by atoms with Crippen LogP contribution in [0.4, 0.5) is 4.79 Å². The number of methoxy groups -OCH3 is 1. The van der Waals surface area contributed by atoms with Crippen LogP contribution in [0.3, 0.4) is 0 Å². The van der Waals surface area contributed by atoms with E-state index in [2.05, 4.69) is 22.9 Å². The van der Waals surface area contributed by atoms with Gasteiger partial charge in [0, 0.05) is 80.3 Å². The van der Waals surface area contributed by atoms with Crippen molar-refractivity contribution in [1.82, 2.24) is 8.01 Å². The van der Waals surface area contributed by atoms with Gasteiger partial charge in [-0.25, -0.2) is 7.91 Å². The molecule has 3 aliphatic heterocycles. The number of carboxylic acids is 1. The van der Waals surface area contributed by atoms with Crippen molar-refractivity contribution in [1.29, 1.82) is 0 Å². The van der Waals surface area contributed by atoms with Crippen molar-refractivity contribution in [3.63, 3.8) is 0 Å². The van der Waals surface area contributed by atoms with Gasteiger partial charge in [0.25, 0.3) is 0 Å². The number of aliphatic hydroxyl groups excluding tert-OH is 2. The van der Waals surface area contributed by atoms with Gasteiger partial charge in [0.1, 0.15) is 11.7 Å². The highest BCUT2D eigenvalue weighted by molar-refractivity contribution is 14.1. The van der Waals surface area contributed by atoms with E-state index in [0.29, 0.717) is 44.5 Å². The van der Waals surface area contributed by atoms with Gasteiger partial charge in [0.15, 0.2) is 6.10 Å². The fourth-order valence-electron chi connectivity index (χ4n) is 6.71. The Kier molecular flexibility index (Phi) is 16.4. The molecule has 3 aliphatic rings. The molecule has 2 unspecified atom stereocenters. The van der Waals surface area contributed by atoms with Crippen LogP contribution >= 0.6 is 22.9 Å². The van der Waals surface area contributed by atoms with Gasteiger partial charge in [-0.2, -0.15) is 0 Å². The van der Waals surface area contributed by atoms with E-state index in [-0.39, 0.29) is 55.8 Å². The number of hydrogen-bond donors (Lipinski definition) is 4. The number of epoxide rings is 1. The van der Waals surface area contributed by atoms with Gasteiger partial charge in [-0.05, 0) is 58.1 Å². The number of halogens is 1. The van der Waals surface area contributed by atoms with Crippen LogP contribution in [0, 0.1) is 11.8 Å². The Morgan fingerprint density at radius 1 is 1.27 bits per heavy atom. The average molecular weight is 835 g/mol. The van der Waals surface area contributed by atoms with Crippen LogP contribution in [-0.2, 0) is 28.5 Å². The van der Waals surface area contributed by atoms with Crippen molar-refractivity contribution in [2.45, 2.75) is 140 Å². The van der Waals surface area contributed by atoms with Crippen molar-refractivity contribution in [3.8, 4) is 0 Å². The molecule has 0 radical (unpaired) electrons. The molecule has 0 aromatic carbocycles. The van der Waals surface area contributed by atoms with E-state index < -0.39 is 53.6 Å². The van der Waals surface area contributed by atoms with Crippen LogP contribution in [0.15, 0.2) is 36.0 Å². The van der Waals surface area contributed by atoms with Crippen LogP contribution < -0.4 is 0 Å². The molecule has 2 fully saturated rings. The molecule has 0 aromatic rings. The third-order valence-electron chi connectivity index (χ3n) is 10.4. The molecule has 2 saturated heterocycles. The third kappa shape index (κ3) is 13.1. The summed E-state index contributed by atoms with van der Waals surface area (Å²) in [5.41, 5.74) is -1.51. The first-order valence-electron chi connectivity index (χ1n) is 18.0. The number of esters is 1. The smallest absolute Gasteiger partial charge is 0.410 e. The van der Waals surface area contributed by atoms with Crippen LogP contribution in [0.2, 0.25) is 0 Å². The number of cyclic esters (lactones) is 1. The number of piperazine rings is 1. The average Bonchev–Trinajstić information content (AvgIpc) is 3.83. The summed E-state index contributed by atoms with van der Waals surface area (Å²) in [7, 11) is 1.52. The zero-order valence-corrected chi connectivity index (χ0v) is 33.2. The summed E-state index contributed by atoms with van der Waals surface area (Å²) in [6.07, 6.45) is 6.56. The minimum Gasteiger partial charge on any atom is -0.481 e. The number of aliphatic hydroxyl groups is 3. The first kappa shape index (κ1) is 43.3. The van der Waals surface area contributed by atoms with Crippen molar-refractivity contribution in [2.24, 2.45) is 11.8 Å². The standard InChI is InChI=1S/C37H59IN2O11/c1-8-28(42)25(4)34-29(49-34)21-36(5,47)16-9-10-23(2)33-24(3)11-13-30(37(6,48-7)17-15-27(41)20-32(45)51-33)50-35(46)39-18-19-40(38)26(22-39)12-14-31(43)44/h9-11,13,16,24-30,33-34,41-42,47H,8,12,14-15,17-22H2,1-7H3,(H,43,44)/b13-11+,16-9+,23-10+/t24-,25+,26?,27+,28-,29+,30-,33+,34+,36?,37+/m0/s1. The molecule has 3 heterocycles. The van der Waals surface area contributed by atoms with Crippen LogP contribution in [0.25, 0.3) is 0 Å². The SMILES string of the molecule is CC[C@H](O)[C@@H](C)[C@H]1O[C@@H]1CC(C)(O)/C=C/C=C(\C)[C@H]1OC(=O)C[C@H](O)CC[C@@](C)(OC)[C@@H](OC(=O)N2CCN(I)C(CCC(=O)O)C2)/C=C/[C@@H]1C. The van der Waals surface area contributed by atoms with E-state index in [0.717, 1.165) is 0 Å². The van der Waals surface area contributed by atoms with E-state index >= 15 is 0 Å². The first-order chi connectivity index (χ1) is 23.9. The highest BCUT2D eigenvalue weighted by atomic mass is 127. The summed E-state index contributed by atoms with van der Waals surface area (Å²) in [6.45, 7) is 12.4. The van der Waals surface area contributed by atoms with Gasteiger partial charge >= 0.3 is 18.0 Å². The molecular formula is C37H59IN2O11. The lowest BCUT2D eigenvalue weighted by Crippen LogP contribution is -2.53. The minimum atomic E-state index is -1.17. The summed E-state index contributed by atoms with van der Waals surface area (Å²) in [5, 5.41) is 41.2. The number of carbonyl (C=O) groups excluding carboxylic acids is 2. The monoisotopic (exact) mass is 834 g/mol. The van der Waals surface area contributed by atoms with Crippen LogP contribution in [0.5, 0.6) is 0 Å². The second-order valence-corrected chi connectivity index (χ2v) is 16.1. The lowest BCUT2D eigenvalue weighted by Gasteiger charge is -2.40. The Morgan fingerprint density at radius 3 is 2.63 bits per heavy atom. The zero-order chi connectivity index (χ0) is 38.1. The van der Waals surface area contributed by atoms with Crippen molar-refractivity contribution in [3.05, 3.63) is 36.0 Å². The largest absolute Gasteiger partial charge is 0.481 e. The normalized spacial score (nSPS) is 34.4. The van der Waals surface area contributed by atoms with Crippen molar-refractivity contribution in [2.75, 3.05) is 26.7 Å². The summed E-state index contributed by atoms with van der Waals surface area (Å²) in [4.78, 5) is 39.3. The molecule has 0 spiro atoms. The lowest BCUT2D eigenvalue weighted by atomic mass is 9.88. The van der Waals surface area contributed by atoms with Gasteiger partial charge in [-0.15, -0.1) is 0 Å². The Bertz CT molecular complexity index is 1270. The molecule has 13 nitrogen and oxygen atoms in total. The molecule has 3 rings (SSSR count). The number of carbonyl (C=O) groups is 3. The predicted octanol–water partition coefficient (Wildman–Crippen LogP) is 4.56. The van der Waals surface area contributed by atoms with E-state index in [1.807, 2.05) is 36.9 Å². The quantitative estimate of drug-likeness (QED) is 0.0509. The Labute approximate surface area is 316 Å². The van der Waals surface area contributed by atoms with E-state index in [1.54, 1.807) is 43.1 Å². The maximum atomic E-state index is 13.6. The second-order valence-electron chi connectivity index (χ2n) is 14.8. The van der Waals surface area contributed by atoms with Gasteiger partial charge in [-0.1, -0.05) is 45.1 Å². The Balaban J connectivity index is 1.79. The summed E-state index contributed by atoms with van der Waals surface area (Å²) in [5.74, 6) is -1.84. The fraction of sp³-hybridized carbons (Fsp3) is 0.757. The Hall–Kier alpha value is -2.08. The number of amides is 1. The fourth-order valence-corrected chi connectivity index (χ4v) is 7.38. The third-order valence-corrected chi connectivity index (χ3v) is 11.7. The maximum absolute atomic E-state index is 13.6. The van der Waals surface area contributed by atoms with E-state index in [1.165, 1.54) is 7.11 Å². The summed E-state index contributed by atoms with van der Waals surface area (Å²) >= 11 is 2.16. The summed E-state index contributed by atoms with van der Waals surface area (Å²) < 4.78 is 25.7. The first-order valence-corrected chi connectivity index (χ1v) is 19.0. The number of aliphatic carboxylic acids is 1. The summed E-state index contributed by atoms with van der Waals surface area (Å²) in [6, 6.07) is -0.135. The number of carboxylic acid groups (broad SMARTS) is 1. The molecule has 0 aliphatic carbocycles. The van der Waals surface area contributed by atoms with E-state index in [9.17, 15) is 34.8 Å². The van der Waals surface area contributed by atoms with Crippen LogP contribution in [-0.4, -0.2) is 127 Å². The topological polar surface area (TPSA) is 179 Å². The number of rotatable bonds is 13. The Morgan fingerprint density at radius 2 is 1.98 bits per heavy atom. The molecule has 1 amide bonds. The predicted molar refractivity (Wildman–Crippen MR) is 199 cm³/mol. The molecule has 14 heteroatoms. The highest BCUT2D eigenvalue weighted by Crippen LogP contribution is 2.38. The number of nitrogens with zero attached hydrogens (tertiary/aromatic N) is 2. The van der Waals surface area contributed by atoms with Gasteiger partial charge in [0.2, 0.25) is 0 Å². The zero-order valence-electron chi connectivity index (χ0n) is 31.1. The molecule has 0 bridgehead atoms. The molecule has 0 aromatic heterocycles. The minimum absolute atomic E-state index is 0.00479. The van der Waals surface area contributed by atoms with E-state index in [4.69, 9.17) is 18.9 Å².